The molecular formula is C8H10N6OS. The second-order valence-electron chi connectivity index (χ2n) is 3.14. The van der Waals surface area contributed by atoms with Crippen LogP contribution in [0, 0.1) is 6.92 Å². The zero-order chi connectivity index (χ0) is 11.4. The van der Waals surface area contributed by atoms with Crippen molar-refractivity contribution in [3.8, 4) is 0 Å². The average Bonchev–Trinajstić information content (AvgIpc) is 2.87. The molecule has 16 heavy (non-hydrogen) atoms. The van der Waals surface area contributed by atoms with E-state index in [1.165, 1.54) is 11.3 Å². The Morgan fingerprint density at radius 3 is 3.12 bits per heavy atom. The van der Waals surface area contributed by atoms with Crippen molar-refractivity contribution < 1.29 is 4.79 Å². The van der Waals surface area contributed by atoms with Crippen LogP contribution in [0.1, 0.15) is 16.5 Å². The Morgan fingerprint density at radius 2 is 2.50 bits per heavy atom. The van der Waals surface area contributed by atoms with Crippen molar-refractivity contribution >= 4 is 17.2 Å². The molecule has 7 nitrogen and oxygen atoms in total. The molecule has 0 spiro atoms. The highest BCUT2D eigenvalue weighted by Crippen LogP contribution is 2.08. The maximum atomic E-state index is 11.5. The van der Waals surface area contributed by atoms with E-state index in [9.17, 15) is 4.79 Å². The molecule has 0 saturated carbocycles. The number of H-pyrrole nitrogens is 1. The van der Waals surface area contributed by atoms with Gasteiger partial charge >= 0.3 is 0 Å². The van der Waals surface area contributed by atoms with Crippen LogP contribution >= 0.6 is 11.3 Å². The van der Waals surface area contributed by atoms with E-state index in [-0.39, 0.29) is 18.9 Å². The van der Waals surface area contributed by atoms with Crippen molar-refractivity contribution in [2.45, 2.75) is 19.9 Å². The van der Waals surface area contributed by atoms with Gasteiger partial charge < -0.3 is 5.32 Å². The third-order valence-electron chi connectivity index (χ3n) is 1.84. The lowest BCUT2D eigenvalue weighted by molar-refractivity contribution is -0.120. The van der Waals surface area contributed by atoms with Gasteiger partial charge in [0.25, 0.3) is 0 Å². The number of aryl methyl sites for hydroxylation is 1. The number of tetrazole rings is 1. The summed E-state index contributed by atoms with van der Waals surface area (Å²) in [6, 6.07) is 0. The van der Waals surface area contributed by atoms with Crippen molar-refractivity contribution in [3.63, 3.8) is 0 Å². The molecule has 0 bridgehead atoms. The summed E-state index contributed by atoms with van der Waals surface area (Å²) in [6.45, 7) is 2.18. The van der Waals surface area contributed by atoms with E-state index in [1.54, 1.807) is 0 Å². The number of hydrogen-bond donors (Lipinski definition) is 2. The molecule has 2 aromatic rings. The molecule has 84 valence electrons. The van der Waals surface area contributed by atoms with Crippen LogP contribution in [-0.2, 0) is 17.8 Å². The van der Waals surface area contributed by atoms with E-state index in [2.05, 4.69) is 30.9 Å². The van der Waals surface area contributed by atoms with Crippen LogP contribution < -0.4 is 5.32 Å². The maximum Gasteiger partial charge on any atom is 0.226 e. The smallest absolute Gasteiger partial charge is 0.226 e. The van der Waals surface area contributed by atoms with E-state index in [0.717, 1.165) is 10.7 Å². The molecule has 2 N–H and O–H groups in total. The first-order chi connectivity index (χ1) is 7.74. The number of nitrogens with zero attached hydrogens (tertiary/aromatic N) is 4. The third kappa shape index (κ3) is 2.83. The number of rotatable bonds is 4. The summed E-state index contributed by atoms with van der Waals surface area (Å²) in [5.74, 6) is 0.359. The highest BCUT2D eigenvalue weighted by molar-refractivity contribution is 7.09. The first-order valence-corrected chi connectivity index (χ1v) is 5.52. The quantitative estimate of drug-likeness (QED) is 0.770. The molecule has 0 aliphatic rings. The number of carbonyl (C=O) groups excluding carboxylic acids is 1. The van der Waals surface area contributed by atoms with Crippen molar-refractivity contribution in [3.05, 3.63) is 21.9 Å². The number of amides is 1. The average molecular weight is 238 g/mol. The van der Waals surface area contributed by atoms with Gasteiger partial charge in [0.1, 0.15) is 0 Å². The number of nitrogens with one attached hydrogen (secondary N) is 2. The standard InChI is InChI=1S/C8H10N6OS/c1-5-10-6(4-16-5)2-8(15)9-3-7-11-13-14-12-7/h4H,2-3H2,1H3,(H,9,15)(H,11,12,13,14). The molecule has 0 aliphatic carbocycles. The number of thiazole rings is 1. The summed E-state index contributed by atoms with van der Waals surface area (Å²) in [5.41, 5.74) is 0.785. The molecule has 0 aliphatic heterocycles. The molecule has 2 aromatic heterocycles. The second-order valence-corrected chi connectivity index (χ2v) is 4.20. The number of hydrogen-bond acceptors (Lipinski definition) is 6. The molecule has 0 aromatic carbocycles. The Balaban J connectivity index is 1.81. The van der Waals surface area contributed by atoms with Crippen LogP contribution in [0.15, 0.2) is 5.38 Å². The van der Waals surface area contributed by atoms with Gasteiger partial charge in [-0.25, -0.2) is 4.98 Å². The Labute approximate surface area is 95.3 Å². The van der Waals surface area contributed by atoms with Gasteiger partial charge in [0.15, 0.2) is 5.82 Å². The molecule has 0 radical (unpaired) electrons. The minimum Gasteiger partial charge on any atom is -0.348 e. The van der Waals surface area contributed by atoms with Gasteiger partial charge in [0, 0.05) is 5.38 Å². The molecule has 2 heterocycles. The third-order valence-corrected chi connectivity index (χ3v) is 2.66. The predicted molar refractivity (Wildman–Crippen MR) is 56.6 cm³/mol. The normalized spacial score (nSPS) is 10.3. The summed E-state index contributed by atoms with van der Waals surface area (Å²) in [7, 11) is 0. The van der Waals surface area contributed by atoms with Gasteiger partial charge in [-0.15, -0.1) is 21.5 Å². The Kier molecular flexibility index (Phi) is 3.20. The van der Waals surface area contributed by atoms with Gasteiger partial charge in [-0.3, -0.25) is 4.79 Å². The zero-order valence-electron chi connectivity index (χ0n) is 8.60. The van der Waals surface area contributed by atoms with Crippen LogP contribution in [0.2, 0.25) is 0 Å². The Hall–Kier alpha value is -1.83. The Bertz CT molecular complexity index is 465. The van der Waals surface area contributed by atoms with Gasteiger partial charge in [0.2, 0.25) is 5.91 Å². The Morgan fingerprint density at radius 1 is 1.62 bits per heavy atom. The number of carbonyl (C=O) groups is 1. The van der Waals surface area contributed by atoms with Gasteiger partial charge in [-0.2, -0.15) is 5.21 Å². The van der Waals surface area contributed by atoms with Crippen molar-refractivity contribution in [2.75, 3.05) is 0 Å². The molecule has 0 unspecified atom stereocenters. The minimum absolute atomic E-state index is 0.102. The van der Waals surface area contributed by atoms with Crippen LogP contribution in [0.4, 0.5) is 0 Å². The summed E-state index contributed by atoms with van der Waals surface area (Å²) >= 11 is 1.53. The lowest BCUT2D eigenvalue weighted by Crippen LogP contribution is -2.25. The second kappa shape index (κ2) is 4.79. The van der Waals surface area contributed by atoms with E-state index >= 15 is 0 Å². The van der Waals surface area contributed by atoms with Crippen LogP contribution in [0.25, 0.3) is 0 Å². The highest BCUT2D eigenvalue weighted by Gasteiger charge is 2.07. The molecule has 8 heteroatoms. The first kappa shape index (κ1) is 10.7. The molecule has 0 saturated heterocycles. The van der Waals surface area contributed by atoms with Crippen molar-refractivity contribution in [1.82, 2.24) is 30.9 Å². The van der Waals surface area contributed by atoms with Crippen LogP contribution in [0.5, 0.6) is 0 Å². The predicted octanol–water partition coefficient (Wildman–Crippen LogP) is -0.176. The SMILES string of the molecule is Cc1nc(CC(=O)NCc2nn[nH]n2)cs1. The number of aromatic nitrogens is 5. The highest BCUT2D eigenvalue weighted by atomic mass is 32.1. The largest absolute Gasteiger partial charge is 0.348 e. The summed E-state index contributed by atoms with van der Waals surface area (Å²) < 4.78 is 0. The molecular weight excluding hydrogens is 228 g/mol. The van der Waals surface area contributed by atoms with Gasteiger partial charge in [-0.1, -0.05) is 5.21 Å². The monoisotopic (exact) mass is 238 g/mol. The van der Waals surface area contributed by atoms with Crippen molar-refractivity contribution in [1.29, 1.82) is 0 Å². The van der Waals surface area contributed by atoms with Gasteiger partial charge in [-0.05, 0) is 6.92 Å². The van der Waals surface area contributed by atoms with E-state index in [4.69, 9.17) is 0 Å². The topological polar surface area (TPSA) is 96.5 Å². The fourth-order valence-electron chi connectivity index (χ4n) is 1.15. The summed E-state index contributed by atoms with van der Waals surface area (Å²) in [4.78, 5) is 15.7. The van der Waals surface area contributed by atoms with Crippen molar-refractivity contribution in [2.24, 2.45) is 0 Å². The van der Waals surface area contributed by atoms with Gasteiger partial charge in [0.05, 0.1) is 23.7 Å². The fourth-order valence-corrected chi connectivity index (χ4v) is 1.76. The van der Waals surface area contributed by atoms with Crippen LogP contribution in [-0.4, -0.2) is 31.5 Å². The molecule has 0 atom stereocenters. The maximum absolute atomic E-state index is 11.5. The van der Waals surface area contributed by atoms with E-state index in [1.807, 2.05) is 12.3 Å². The number of aromatic amines is 1. The first-order valence-electron chi connectivity index (χ1n) is 4.64. The summed E-state index contributed by atoms with van der Waals surface area (Å²) in [5, 5.41) is 18.7. The molecule has 1 amide bonds. The zero-order valence-corrected chi connectivity index (χ0v) is 9.41. The summed E-state index contributed by atoms with van der Waals surface area (Å²) in [6.07, 6.45) is 0.280. The minimum atomic E-state index is -0.102. The molecule has 2 rings (SSSR count). The van der Waals surface area contributed by atoms with Crippen LogP contribution in [0.3, 0.4) is 0 Å². The lowest BCUT2D eigenvalue weighted by Gasteiger charge is -1.99. The fraction of sp³-hybridized carbons (Fsp3) is 0.375. The lowest BCUT2D eigenvalue weighted by atomic mass is 10.3. The van der Waals surface area contributed by atoms with E-state index in [0.29, 0.717) is 5.82 Å². The molecule has 0 fully saturated rings. The van der Waals surface area contributed by atoms with E-state index < -0.39 is 0 Å².